The number of nitriles is 2. The molecule has 20 nitrogen and oxygen atoms in total. The summed E-state index contributed by atoms with van der Waals surface area (Å²) in [6, 6.07) is 17.6. The van der Waals surface area contributed by atoms with E-state index in [4.69, 9.17) is 32.8 Å². The van der Waals surface area contributed by atoms with E-state index in [0.717, 1.165) is 32.1 Å². The van der Waals surface area contributed by atoms with Crippen molar-refractivity contribution in [3.8, 4) is 25.0 Å². The number of anilines is 4. The number of carbonyl (C=O) groups is 2. The Morgan fingerprint density at radius 1 is 0.785 bits per heavy atom. The molecule has 4 rings (SSSR count). The Hall–Kier alpha value is -8.18. The van der Waals surface area contributed by atoms with Crippen LogP contribution in [0.4, 0.5) is 34.6 Å². The minimum Gasteiger partial charge on any atom is -0.465 e. The second kappa shape index (κ2) is 29.2. The maximum Gasteiger partial charge on any atom is 0.353 e. The molecule has 65 heavy (non-hydrogen) atoms. The second-order valence-corrected chi connectivity index (χ2v) is 13.4. The van der Waals surface area contributed by atoms with Crippen molar-refractivity contribution in [2.45, 2.75) is 86.7 Å². The lowest BCUT2D eigenvalue weighted by atomic mass is 10.1. The number of nitrogens with zero attached hydrogens (tertiary/aromatic N) is 10. The fourth-order valence-electron chi connectivity index (χ4n) is 5.91. The number of hydrogen-bond acceptors (Lipinski definition) is 18. The smallest absolute Gasteiger partial charge is 0.353 e. The highest BCUT2D eigenvalue weighted by Crippen LogP contribution is 2.34. The van der Waals surface area contributed by atoms with Crippen LogP contribution in [0.1, 0.15) is 102 Å². The highest BCUT2D eigenvalue weighted by Gasteiger charge is 2.30. The molecular weight excluding hydrogens is 837 g/mol. The van der Waals surface area contributed by atoms with E-state index in [2.05, 4.69) is 45.8 Å². The highest BCUT2D eigenvalue weighted by atomic mass is 16.6. The van der Waals surface area contributed by atoms with Crippen LogP contribution in [0.25, 0.3) is 6.08 Å². The van der Waals surface area contributed by atoms with Gasteiger partial charge in [-0.1, -0.05) is 70.9 Å². The molecule has 0 aliphatic rings. The van der Waals surface area contributed by atoms with Gasteiger partial charge in [0, 0.05) is 20.9 Å². The first-order chi connectivity index (χ1) is 31.8. The van der Waals surface area contributed by atoms with Crippen LogP contribution < -0.4 is 21.3 Å². The zero-order valence-corrected chi connectivity index (χ0v) is 37.3. The van der Waals surface area contributed by atoms with Crippen LogP contribution >= 0.6 is 0 Å². The molecule has 0 amide bonds. The lowest BCUT2D eigenvalue weighted by molar-refractivity contribution is -0.383. The number of aromatic nitrogens is 4. The molecule has 0 radical (unpaired) electrons. The van der Waals surface area contributed by atoms with Crippen molar-refractivity contribution in [3.63, 3.8) is 0 Å². The van der Waals surface area contributed by atoms with Crippen LogP contribution in [0.15, 0.2) is 54.6 Å². The Bertz CT molecular complexity index is 2370. The summed E-state index contributed by atoms with van der Waals surface area (Å²) >= 11 is 0. The predicted octanol–water partition coefficient (Wildman–Crippen LogP) is 7.25. The molecule has 0 saturated carbocycles. The van der Waals surface area contributed by atoms with Gasteiger partial charge in [0.05, 0.1) is 46.3 Å². The molecule has 0 bridgehead atoms. The molecule has 2 aromatic heterocycles. The minimum absolute atomic E-state index is 0.0422. The third-order valence-corrected chi connectivity index (χ3v) is 8.65. The zero-order valence-electron chi connectivity index (χ0n) is 38.3. The molecule has 0 aliphatic carbocycles. The van der Waals surface area contributed by atoms with Gasteiger partial charge < -0.3 is 30.7 Å². The minimum atomic E-state index is -0.673. The number of nitrogen functional groups attached to an aromatic ring is 2. The van der Waals surface area contributed by atoms with E-state index in [9.17, 15) is 29.8 Å². The van der Waals surface area contributed by atoms with Gasteiger partial charge in [-0.15, -0.1) is 12.8 Å². The number of unbranched alkanes of at least 4 members (excludes halogenated alkanes) is 3. The van der Waals surface area contributed by atoms with Crippen LogP contribution in [-0.4, -0.2) is 68.0 Å². The number of esters is 2. The monoisotopic (exact) mass is 893 g/mol. The Balaban J connectivity index is 0.000000614. The number of nitro groups is 2. The van der Waals surface area contributed by atoms with E-state index in [0.29, 0.717) is 34.5 Å². The molecule has 20 heteroatoms. The first kappa shape index (κ1) is 53.0. The number of benzene rings is 2. The second-order valence-electron chi connectivity index (χ2n) is 13.4. The quantitative estimate of drug-likeness (QED) is 0.0273. The van der Waals surface area contributed by atoms with Crippen molar-refractivity contribution in [2.24, 2.45) is 0 Å². The lowest BCUT2D eigenvalue weighted by Gasteiger charge is -2.23. The van der Waals surface area contributed by atoms with E-state index in [-0.39, 0.29) is 68.5 Å². The van der Waals surface area contributed by atoms with Gasteiger partial charge in [-0.25, -0.2) is 19.9 Å². The Kier molecular flexibility index (Phi) is 23.8. The Morgan fingerprint density at radius 2 is 1.26 bits per heavy atom. The summed E-state index contributed by atoms with van der Waals surface area (Å²) in [5, 5.41) is 41.8. The first-order valence-electron chi connectivity index (χ1n) is 21.2. The number of allylic oxidation sites excluding steroid dienone is 1. The van der Waals surface area contributed by atoms with Crippen molar-refractivity contribution < 1.29 is 30.3 Å². The Labute approximate surface area is 380 Å². The molecule has 2 heterocycles. The number of nitrogens with two attached hydrogens (primary N) is 2. The zero-order chi connectivity index (χ0) is 49.6. The number of ether oxygens (including phenoxy) is 2. The predicted molar refractivity (Wildman–Crippen MR) is 248 cm³/mol. The highest BCUT2D eigenvalue weighted by molar-refractivity contribution is 5.80. The van der Waals surface area contributed by atoms with Gasteiger partial charge in [-0.3, -0.25) is 29.8 Å². The van der Waals surface area contributed by atoms with Gasteiger partial charge in [0.15, 0.2) is 5.82 Å². The molecule has 4 aromatic rings. The molecule has 2 aromatic carbocycles. The maximum atomic E-state index is 12.2. The normalized spacial score (nSPS) is 10.1. The third-order valence-electron chi connectivity index (χ3n) is 8.65. The van der Waals surface area contributed by atoms with E-state index >= 15 is 0 Å². The van der Waals surface area contributed by atoms with Crippen molar-refractivity contribution >= 4 is 52.7 Å². The first-order valence-corrected chi connectivity index (χ1v) is 20.2. The average Bonchev–Trinajstić information content (AvgIpc) is 3.30. The summed E-state index contributed by atoms with van der Waals surface area (Å²) in [7, 11) is 1.25. The number of hydrogen-bond donors (Lipinski definition) is 2. The summed E-state index contributed by atoms with van der Waals surface area (Å²) in [5.74, 6) is -1.24. The largest absolute Gasteiger partial charge is 0.465 e. The average molecular weight is 894 g/mol. The van der Waals surface area contributed by atoms with Crippen molar-refractivity contribution in [1.82, 2.24) is 19.9 Å². The summed E-state index contributed by atoms with van der Waals surface area (Å²) in [5.41, 5.74) is 13.1. The Morgan fingerprint density at radius 3 is 1.69 bits per heavy atom. The summed E-state index contributed by atoms with van der Waals surface area (Å²) in [4.78, 5) is 66.3. The van der Waals surface area contributed by atoms with Crippen molar-refractivity contribution in [1.29, 1.82) is 10.5 Å². The molecule has 0 atom stereocenters. The number of carbonyl (C=O) groups excluding carboxylic acids is 2. The van der Waals surface area contributed by atoms with Crippen LogP contribution in [0.5, 0.6) is 0 Å². The lowest BCUT2D eigenvalue weighted by Crippen LogP contribution is -2.32. The van der Waals surface area contributed by atoms with E-state index in [1.165, 1.54) is 17.2 Å². The number of rotatable bonds is 21. The van der Waals surface area contributed by atoms with Crippen LogP contribution in [0.2, 0.25) is 0 Å². The van der Waals surface area contributed by atoms with Gasteiger partial charge in [-0.2, -0.15) is 10.5 Å². The van der Waals surface area contributed by atoms with Gasteiger partial charge in [-0.05, 0) is 68.2 Å². The fourth-order valence-corrected chi connectivity index (χ4v) is 5.91. The SMILES string of the molecule is C#C.CCC/C=C/c1nc(N)c([N+](=O)[O-])c(N(CC(=O)OCC)Cc2cccc(C#N)c2)n1.CCCCCc1nc(N)c([N+](=O)[O-])c(N(CC(=O)OCC)Cc2cccc(C#N)c2)n1.[2H]C. The molecule has 0 unspecified atom stereocenters. The van der Waals surface area contributed by atoms with Crippen LogP contribution in [-0.2, 0) is 38.6 Å². The molecular formula is C45H56N12O8. The molecule has 0 fully saturated rings. The summed E-state index contributed by atoms with van der Waals surface area (Å²) < 4.78 is 15.8. The van der Waals surface area contributed by atoms with Gasteiger partial charge in [0.1, 0.15) is 18.9 Å². The standard InChI is InChI=1S/C21H26N6O4.C21H24N6O4.C2H2.CH4/c2*1-3-5-6-10-17-24-20(23)19(27(29)30)21(25-17)26(14-18(28)31-4-2)13-16-9-7-8-15(11-16)12-22;1-2;/h7-9,11H,3-6,10,13-14H2,1-2H3,(H2,23,24,25);6-11H,3-5,13-14H2,1-2H3,(H2,23,24,25);1-2H;1H4/b;10-6+;;/i;;;1D. The molecule has 0 spiro atoms. The van der Waals surface area contributed by atoms with Gasteiger partial charge in [0.2, 0.25) is 23.3 Å². The van der Waals surface area contributed by atoms with Crippen molar-refractivity contribution in [2.75, 3.05) is 47.6 Å². The molecule has 4 N–H and O–H groups in total. The van der Waals surface area contributed by atoms with E-state index < -0.39 is 33.2 Å². The molecule has 344 valence electrons. The van der Waals surface area contributed by atoms with Crippen LogP contribution in [0, 0.1) is 55.7 Å². The topological polar surface area (TPSA) is 297 Å². The van der Waals surface area contributed by atoms with E-state index in [1.54, 1.807) is 68.5 Å². The fraction of sp³-hybridized carbons (Fsp3) is 0.378. The summed E-state index contributed by atoms with van der Waals surface area (Å²) in [6.45, 7) is 7.36. The summed E-state index contributed by atoms with van der Waals surface area (Å²) in [6.07, 6.45) is 16.5. The van der Waals surface area contributed by atoms with E-state index in [1.807, 2.05) is 19.1 Å². The van der Waals surface area contributed by atoms with Crippen LogP contribution in [0.3, 0.4) is 0 Å². The van der Waals surface area contributed by atoms with Gasteiger partial charge in [0.25, 0.3) is 0 Å². The maximum absolute atomic E-state index is 12.2. The third kappa shape index (κ3) is 17.6. The van der Waals surface area contributed by atoms with Crippen molar-refractivity contribution in [3.05, 3.63) is 109 Å². The molecule has 0 saturated heterocycles. The number of aryl methyl sites for hydroxylation is 1. The number of terminal acetylenes is 1. The molecule has 0 aliphatic heterocycles. The van der Waals surface area contributed by atoms with Gasteiger partial charge >= 0.3 is 23.3 Å².